The van der Waals surface area contributed by atoms with E-state index in [2.05, 4.69) is 15.7 Å². The summed E-state index contributed by atoms with van der Waals surface area (Å²) in [4.78, 5) is 22.5. The van der Waals surface area contributed by atoms with Crippen LogP contribution in [0.25, 0.3) is 5.69 Å². The lowest BCUT2D eigenvalue weighted by Crippen LogP contribution is -2.28. The molecule has 2 amide bonds. The zero-order valence-electron chi connectivity index (χ0n) is 18.7. The van der Waals surface area contributed by atoms with Crippen LogP contribution in [0.5, 0.6) is 11.5 Å². The first-order valence-corrected chi connectivity index (χ1v) is 10.8. The number of benzene rings is 3. The molecule has 1 aromatic heterocycles. The Morgan fingerprint density at radius 1 is 1.08 bits per heavy atom. The van der Waals surface area contributed by atoms with Gasteiger partial charge in [-0.15, -0.1) is 5.10 Å². The number of rotatable bonds is 7. The number of hydrogen-bond donors (Lipinski definition) is 2. The van der Waals surface area contributed by atoms with Crippen LogP contribution in [0.15, 0.2) is 66.7 Å². The van der Waals surface area contributed by atoms with Gasteiger partial charge in [0.15, 0.2) is 17.4 Å². The molecule has 1 heterocycles. The zero-order chi connectivity index (χ0) is 25.8. The highest BCUT2D eigenvalue weighted by Crippen LogP contribution is 2.33. The highest BCUT2D eigenvalue weighted by Gasteiger charge is 2.14. The highest BCUT2D eigenvalue weighted by atomic mass is 35.5. The molecule has 9 nitrogen and oxygen atoms in total. The molecule has 4 rings (SSSR count). The average molecular weight is 514 g/mol. The van der Waals surface area contributed by atoms with Crippen molar-refractivity contribution < 1.29 is 23.2 Å². The van der Waals surface area contributed by atoms with Gasteiger partial charge < -0.3 is 10.1 Å². The van der Waals surface area contributed by atoms with E-state index >= 15 is 0 Å². The molecule has 0 radical (unpaired) electrons. The number of anilines is 1. The lowest BCUT2D eigenvalue weighted by Gasteiger charge is -2.10. The Hall–Kier alpha value is -4.51. The molecule has 0 saturated heterocycles. The van der Waals surface area contributed by atoms with Crippen molar-refractivity contribution in [3.8, 4) is 17.2 Å². The van der Waals surface area contributed by atoms with Gasteiger partial charge in [-0.05, 0) is 55.0 Å². The van der Waals surface area contributed by atoms with Crippen LogP contribution in [0.2, 0.25) is 5.02 Å². The van der Waals surface area contributed by atoms with Gasteiger partial charge in [0, 0.05) is 30.4 Å². The third-order valence-electron chi connectivity index (χ3n) is 5.00. The summed E-state index contributed by atoms with van der Waals surface area (Å²) in [6, 6.07) is 14.5. The molecule has 0 spiro atoms. The first-order chi connectivity index (χ1) is 17.2. The second-order valence-corrected chi connectivity index (χ2v) is 8.01. The number of nitro benzene ring substituents is 1. The van der Waals surface area contributed by atoms with Crippen molar-refractivity contribution in [2.24, 2.45) is 0 Å². The van der Waals surface area contributed by atoms with Gasteiger partial charge in [0.2, 0.25) is 0 Å². The van der Waals surface area contributed by atoms with Crippen molar-refractivity contribution >= 4 is 29.1 Å². The maximum Gasteiger partial charge on any atom is 0.320 e. The van der Waals surface area contributed by atoms with E-state index in [0.717, 1.165) is 11.8 Å². The van der Waals surface area contributed by atoms with E-state index in [4.69, 9.17) is 16.3 Å². The van der Waals surface area contributed by atoms with Gasteiger partial charge in [-0.1, -0.05) is 17.7 Å². The summed E-state index contributed by atoms with van der Waals surface area (Å²) in [5.41, 5.74) is 1.60. The van der Waals surface area contributed by atoms with E-state index in [9.17, 15) is 23.7 Å². The van der Waals surface area contributed by atoms with Crippen LogP contribution >= 0.6 is 11.6 Å². The summed E-state index contributed by atoms with van der Waals surface area (Å²) in [5, 5.41) is 20.3. The fourth-order valence-electron chi connectivity index (χ4n) is 3.26. The maximum atomic E-state index is 14.5. The number of aromatic nitrogens is 2. The molecule has 0 saturated carbocycles. The Morgan fingerprint density at radius 2 is 1.81 bits per heavy atom. The van der Waals surface area contributed by atoms with E-state index in [1.54, 1.807) is 35.9 Å². The van der Waals surface area contributed by atoms with Gasteiger partial charge in [-0.25, -0.2) is 18.3 Å². The summed E-state index contributed by atoms with van der Waals surface area (Å²) in [6.07, 6.45) is 0. The third kappa shape index (κ3) is 5.76. The molecule has 0 bridgehead atoms. The molecule has 12 heteroatoms. The van der Waals surface area contributed by atoms with Crippen LogP contribution < -0.4 is 15.4 Å². The standard InChI is InChI=1S/C24H18ClF2N5O4/c1-14-10-23(30-31(14)17-5-3-16(26)4-6-17)29-24(33)28-13-15-2-8-22(20(27)11-15)36-21-9-7-18(32(34)35)12-19(21)25/h2-12H,13H2,1H3,(H2,28,29,30,33). The number of carbonyl (C=O) groups excluding carboxylic acids is 1. The molecule has 4 aromatic rings. The minimum atomic E-state index is -0.710. The number of nitro groups is 1. The van der Waals surface area contributed by atoms with Gasteiger partial charge in [-0.3, -0.25) is 15.4 Å². The van der Waals surface area contributed by atoms with Crippen molar-refractivity contribution in [3.63, 3.8) is 0 Å². The van der Waals surface area contributed by atoms with Gasteiger partial charge in [-0.2, -0.15) is 0 Å². The predicted molar refractivity (Wildman–Crippen MR) is 129 cm³/mol. The minimum absolute atomic E-state index is 0.0129. The summed E-state index contributed by atoms with van der Waals surface area (Å²) >= 11 is 5.98. The van der Waals surface area contributed by atoms with Crippen molar-refractivity contribution in [1.82, 2.24) is 15.1 Å². The largest absolute Gasteiger partial charge is 0.453 e. The van der Waals surface area contributed by atoms with Crippen molar-refractivity contribution in [2.45, 2.75) is 13.5 Å². The average Bonchev–Trinajstić information content (AvgIpc) is 3.20. The SMILES string of the molecule is Cc1cc(NC(=O)NCc2ccc(Oc3ccc([N+](=O)[O-])cc3Cl)c(F)c2)nn1-c1ccc(F)cc1. The van der Waals surface area contributed by atoms with Crippen LogP contribution in [0.1, 0.15) is 11.3 Å². The van der Waals surface area contributed by atoms with Gasteiger partial charge in [0.05, 0.1) is 15.6 Å². The summed E-state index contributed by atoms with van der Waals surface area (Å²) in [5.74, 6) is -0.878. The van der Waals surface area contributed by atoms with Gasteiger partial charge >= 0.3 is 6.03 Å². The van der Waals surface area contributed by atoms with Gasteiger partial charge in [0.25, 0.3) is 5.69 Å². The maximum absolute atomic E-state index is 14.5. The first kappa shape index (κ1) is 24.6. The van der Waals surface area contributed by atoms with E-state index in [1.165, 1.54) is 36.4 Å². The number of nitrogens with one attached hydrogen (secondary N) is 2. The van der Waals surface area contributed by atoms with Crippen LogP contribution in [0.4, 0.5) is 25.1 Å². The number of amides is 2. The Bertz CT molecular complexity index is 1440. The molecule has 0 unspecified atom stereocenters. The predicted octanol–water partition coefficient (Wildman–Crippen LogP) is 6.13. The Balaban J connectivity index is 1.35. The van der Waals surface area contributed by atoms with Crippen molar-refractivity contribution in [2.75, 3.05) is 5.32 Å². The number of non-ortho nitro benzene ring substituents is 1. The van der Waals surface area contributed by atoms with E-state index in [-0.39, 0.29) is 40.4 Å². The Labute approximate surface area is 208 Å². The molecular formula is C24H18ClF2N5O4. The molecule has 3 aromatic carbocycles. The van der Waals surface area contributed by atoms with E-state index in [0.29, 0.717) is 11.3 Å². The Kier molecular flexibility index (Phi) is 7.11. The number of hydrogen-bond acceptors (Lipinski definition) is 5. The number of carbonyl (C=O) groups is 1. The molecule has 0 aliphatic heterocycles. The summed E-state index contributed by atoms with van der Waals surface area (Å²) < 4.78 is 34.7. The fourth-order valence-corrected chi connectivity index (χ4v) is 3.48. The molecule has 36 heavy (non-hydrogen) atoms. The van der Waals surface area contributed by atoms with Crippen molar-refractivity contribution in [3.05, 3.63) is 105 Å². The second-order valence-electron chi connectivity index (χ2n) is 7.61. The van der Waals surface area contributed by atoms with Crippen LogP contribution in [-0.4, -0.2) is 20.7 Å². The molecular weight excluding hydrogens is 496 g/mol. The molecule has 0 atom stereocenters. The zero-order valence-corrected chi connectivity index (χ0v) is 19.4. The lowest BCUT2D eigenvalue weighted by atomic mass is 10.2. The number of nitrogens with zero attached hydrogens (tertiary/aromatic N) is 3. The Morgan fingerprint density at radius 3 is 2.47 bits per heavy atom. The number of ether oxygens (including phenoxy) is 1. The highest BCUT2D eigenvalue weighted by molar-refractivity contribution is 6.32. The fraction of sp³-hybridized carbons (Fsp3) is 0.0833. The van der Waals surface area contributed by atoms with Crippen LogP contribution in [0, 0.1) is 28.7 Å². The van der Waals surface area contributed by atoms with Gasteiger partial charge in [0.1, 0.15) is 11.6 Å². The number of halogens is 3. The summed E-state index contributed by atoms with van der Waals surface area (Å²) in [7, 11) is 0. The smallest absolute Gasteiger partial charge is 0.320 e. The molecule has 0 aliphatic carbocycles. The van der Waals surface area contributed by atoms with E-state index in [1.807, 2.05) is 0 Å². The molecule has 0 aliphatic rings. The summed E-state index contributed by atoms with van der Waals surface area (Å²) in [6.45, 7) is 1.80. The second kappa shape index (κ2) is 10.4. The van der Waals surface area contributed by atoms with Crippen LogP contribution in [-0.2, 0) is 6.54 Å². The molecule has 184 valence electrons. The minimum Gasteiger partial charge on any atom is -0.453 e. The third-order valence-corrected chi connectivity index (χ3v) is 5.29. The first-order valence-electron chi connectivity index (χ1n) is 10.5. The lowest BCUT2D eigenvalue weighted by molar-refractivity contribution is -0.384. The molecule has 2 N–H and O–H groups in total. The van der Waals surface area contributed by atoms with Crippen LogP contribution in [0.3, 0.4) is 0 Å². The molecule has 0 fully saturated rings. The monoisotopic (exact) mass is 513 g/mol. The normalized spacial score (nSPS) is 10.7. The number of aryl methyl sites for hydroxylation is 1. The van der Waals surface area contributed by atoms with Crippen molar-refractivity contribution in [1.29, 1.82) is 0 Å². The van der Waals surface area contributed by atoms with E-state index < -0.39 is 16.8 Å². The quantitative estimate of drug-likeness (QED) is 0.228. The number of urea groups is 1. The topological polar surface area (TPSA) is 111 Å².